The van der Waals surface area contributed by atoms with Gasteiger partial charge in [0.25, 0.3) is 0 Å². The molecule has 4 N–H and O–H groups in total. The summed E-state index contributed by atoms with van der Waals surface area (Å²) in [5, 5.41) is 2.53. The highest BCUT2D eigenvalue weighted by molar-refractivity contribution is 5.81. The van der Waals surface area contributed by atoms with E-state index in [-0.39, 0.29) is 19.0 Å². The number of nitrogens with one attached hydrogen (secondary N) is 2. The second-order valence-electron chi connectivity index (χ2n) is 2.62. The number of hydrazine groups is 1. The number of carbonyl (C=O) groups excluding carboxylic acids is 2. The van der Waals surface area contributed by atoms with Crippen molar-refractivity contribution in [3.05, 3.63) is 0 Å². The summed E-state index contributed by atoms with van der Waals surface area (Å²) in [6.45, 7) is 0.175. The first kappa shape index (κ1) is 9.90. The van der Waals surface area contributed by atoms with Gasteiger partial charge in [-0.15, -0.1) is 0 Å². The minimum atomic E-state index is -0.494. The Morgan fingerprint density at radius 1 is 1.92 bits per heavy atom. The monoisotopic (exact) mass is 188 g/mol. The SMILES string of the molecule is COC(=O)CN1CC(=O)NC1NN. The van der Waals surface area contributed by atoms with Crippen LogP contribution in [0, 0.1) is 0 Å². The molecule has 0 spiro atoms. The minimum Gasteiger partial charge on any atom is -0.468 e. The number of ether oxygens (including phenoxy) is 1. The Kier molecular flexibility index (Phi) is 3.18. The Morgan fingerprint density at radius 3 is 3.15 bits per heavy atom. The van der Waals surface area contributed by atoms with E-state index in [2.05, 4.69) is 15.5 Å². The van der Waals surface area contributed by atoms with Crippen molar-refractivity contribution in [3.8, 4) is 0 Å². The van der Waals surface area contributed by atoms with E-state index in [1.807, 2.05) is 0 Å². The molecule has 0 radical (unpaired) electrons. The molecule has 13 heavy (non-hydrogen) atoms. The number of hydrogen-bond donors (Lipinski definition) is 3. The van der Waals surface area contributed by atoms with Crippen LogP contribution in [-0.4, -0.2) is 43.3 Å². The molecule has 0 aromatic carbocycles. The maximum Gasteiger partial charge on any atom is 0.319 e. The zero-order valence-corrected chi connectivity index (χ0v) is 7.24. The van der Waals surface area contributed by atoms with Gasteiger partial charge < -0.3 is 10.1 Å². The number of amides is 1. The van der Waals surface area contributed by atoms with Crippen LogP contribution < -0.4 is 16.6 Å². The van der Waals surface area contributed by atoms with Crippen LogP contribution in [-0.2, 0) is 14.3 Å². The quantitative estimate of drug-likeness (QED) is 0.254. The molecule has 74 valence electrons. The Hall–Kier alpha value is -1.18. The molecule has 1 fully saturated rings. The molecular weight excluding hydrogens is 176 g/mol. The van der Waals surface area contributed by atoms with Crippen molar-refractivity contribution in [2.75, 3.05) is 20.2 Å². The molecule has 0 aromatic heterocycles. The highest BCUT2D eigenvalue weighted by Gasteiger charge is 2.30. The third-order valence-electron chi connectivity index (χ3n) is 1.73. The zero-order chi connectivity index (χ0) is 9.84. The zero-order valence-electron chi connectivity index (χ0n) is 7.24. The van der Waals surface area contributed by atoms with E-state index in [1.165, 1.54) is 12.0 Å². The normalized spacial score (nSPS) is 22.9. The van der Waals surface area contributed by atoms with E-state index < -0.39 is 12.3 Å². The molecule has 1 unspecified atom stereocenters. The van der Waals surface area contributed by atoms with Gasteiger partial charge in [-0.2, -0.15) is 0 Å². The molecule has 1 saturated heterocycles. The molecule has 0 saturated carbocycles. The molecule has 1 aliphatic heterocycles. The van der Waals surface area contributed by atoms with Gasteiger partial charge in [-0.05, 0) is 0 Å². The highest BCUT2D eigenvalue weighted by atomic mass is 16.5. The van der Waals surface area contributed by atoms with Gasteiger partial charge in [0.05, 0.1) is 13.7 Å². The van der Waals surface area contributed by atoms with Crippen LogP contribution in [0.5, 0.6) is 0 Å². The number of esters is 1. The summed E-state index contributed by atoms with van der Waals surface area (Å²) in [7, 11) is 1.29. The Labute approximate surface area is 75.2 Å². The fourth-order valence-corrected chi connectivity index (χ4v) is 1.09. The van der Waals surface area contributed by atoms with E-state index in [9.17, 15) is 9.59 Å². The van der Waals surface area contributed by atoms with Crippen LogP contribution in [0.3, 0.4) is 0 Å². The summed E-state index contributed by atoms with van der Waals surface area (Å²) < 4.78 is 4.45. The fourth-order valence-electron chi connectivity index (χ4n) is 1.09. The molecule has 1 atom stereocenters. The Morgan fingerprint density at radius 2 is 2.62 bits per heavy atom. The van der Waals surface area contributed by atoms with E-state index in [4.69, 9.17) is 5.84 Å². The van der Waals surface area contributed by atoms with Gasteiger partial charge in [0, 0.05) is 0 Å². The summed E-state index contributed by atoms with van der Waals surface area (Å²) in [6, 6.07) is 0. The van der Waals surface area contributed by atoms with E-state index in [0.29, 0.717) is 0 Å². The average Bonchev–Trinajstić information content (AvgIpc) is 2.46. The molecular formula is C6H12N4O3. The Balaban J connectivity index is 2.48. The predicted molar refractivity (Wildman–Crippen MR) is 42.8 cm³/mol. The van der Waals surface area contributed by atoms with E-state index in [0.717, 1.165) is 0 Å². The standard InChI is InChI=1S/C6H12N4O3/c1-13-5(12)3-10-2-4(11)8-6(10)9-7/h6,9H,2-3,7H2,1H3,(H,8,11). The topological polar surface area (TPSA) is 96.7 Å². The van der Waals surface area contributed by atoms with Crippen molar-refractivity contribution in [2.45, 2.75) is 6.29 Å². The molecule has 0 aromatic rings. The largest absolute Gasteiger partial charge is 0.468 e. The number of carbonyl (C=O) groups is 2. The summed E-state index contributed by atoms with van der Waals surface area (Å²) >= 11 is 0. The van der Waals surface area contributed by atoms with Gasteiger partial charge in [0.1, 0.15) is 6.54 Å². The number of nitrogens with two attached hydrogens (primary N) is 1. The van der Waals surface area contributed by atoms with Gasteiger partial charge in [0.2, 0.25) is 5.91 Å². The molecule has 1 heterocycles. The molecule has 1 rings (SSSR count). The van der Waals surface area contributed by atoms with Gasteiger partial charge in [0.15, 0.2) is 6.29 Å². The first-order valence-electron chi connectivity index (χ1n) is 3.73. The summed E-state index contributed by atoms with van der Waals surface area (Å²) in [6.07, 6.45) is -0.494. The van der Waals surface area contributed by atoms with E-state index in [1.54, 1.807) is 0 Å². The lowest BCUT2D eigenvalue weighted by Gasteiger charge is -2.20. The second-order valence-corrected chi connectivity index (χ2v) is 2.62. The van der Waals surface area contributed by atoms with Crippen LogP contribution in [0.1, 0.15) is 0 Å². The van der Waals surface area contributed by atoms with Gasteiger partial charge in [-0.3, -0.25) is 15.4 Å². The van der Waals surface area contributed by atoms with Crippen LogP contribution in [0.2, 0.25) is 0 Å². The van der Waals surface area contributed by atoms with E-state index >= 15 is 0 Å². The minimum absolute atomic E-state index is 0.0319. The van der Waals surface area contributed by atoms with Crippen LogP contribution in [0.25, 0.3) is 0 Å². The van der Waals surface area contributed by atoms with Crippen LogP contribution in [0.4, 0.5) is 0 Å². The van der Waals surface area contributed by atoms with Gasteiger partial charge >= 0.3 is 5.97 Å². The third-order valence-corrected chi connectivity index (χ3v) is 1.73. The molecule has 1 aliphatic rings. The maximum atomic E-state index is 10.9. The Bertz CT molecular complexity index is 220. The van der Waals surface area contributed by atoms with Crippen molar-refractivity contribution < 1.29 is 14.3 Å². The fraction of sp³-hybridized carbons (Fsp3) is 0.667. The smallest absolute Gasteiger partial charge is 0.319 e. The lowest BCUT2D eigenvalue weighted by atomic mass is 10.5. The lowest BCUT2D eigenvalue weighted by Crippen LogP contribution is -2.52. The van der Waals surface area contributed by atoms with Crippen LogP contribution in [0.15, 0.2) is 0 Å². The average molecular weight is 188 g/mol. The number of hydrogen-bond acceptors (Lipinski definition) is 6. The van der Waals surface area contributed by atoms with Crippen molar-refractivity contribution in [3.63, 3.8) is 0 Å². The predicted octanol–water partition coefficient (Wildman–Crippen LogP) is -2.66. The number of methoxy groups -OCH3 is 1. The highest BCUT2D eigenvalue weighted by Crippen LogP contribution is 2.00. The third kappa shape index (κ3) is 2.38. The molecule has 0 bridgehead atoms. The van der Waals surface area contributed by atoms with Crippen molar-refractivity contribution in [1.29, 1.82) is 0 Å². The molecule has 0 aliphatic carbocycles. The summed E-state index contributed by atoms with van der Waals surface area (Å²) in [4.78, 5) is 23.3. The summed E-state index contributed by atoms with van der Waals surface area (Å²) in [5.74, 6) is 4.57. The molecule has 7 nitrogen and oxygen atoms in total. The lowest BCUT2D eigenvalue weighted by molar-refractivity contribution is -0.142. The van der Waals surface area contributed by atoms with Gasteiger partial charge in [-0.1, -0.05) is 0 Å². The van der Waals surface area contributed by atoms with Crippen LogP contribution >= 0.6 is 0 Å². The number of rotatable bonds is 3. The van der Waals surface area contributed by atoms with Crippen molar-refractivity contribution in [2.24, 2.45) is 5.84 Å². The van der Waals surface area contributed by atoms with Crippen molar-refractivity contribution in [1.82, 2.24) is 15.6 Å². The summed E-state index contributed by atoms with van der Waals surface area (Å²) in [5.41, 5.74) is 2.36. The first-order chi connectivity index (χ1) is 6.17. The molecule has 7 heteroatoms. The van der Waals surface area contributed by atoms with Gasteiger partial charge in [-0.25, -0.2) is 10.3 Å². The maximum absolute atomic E-state index is 10.9. The van der Waals surface area contributed by atoms with Crippen molar-refractivity contribution >= 4 is 11.9 Å². The number of nitrogens with zero attached hydrogens (tertiary/aromatic N) is 1. The second kappa shape index (κ2) is 4.17. The first-order valence-corrected chi connectivity index (χ1v) is 3.73. The molecule has 1 amide bonds.